The van der Waals surface area contributed by atoms with Crippen LogP contribution in [0, 0.1) is 11.3 Å². The average Bonchev–Trinajstić information content (AvgIpc) is 3.28. The quantitative estimate of drug-likeness (QED) is 0.241. The highest BCUT2D eigenvalue weighted by Gasteiger charge is 2.86. The van der Waals surface area contributed by atoms with Crippen molar-refractivity contribution in [1.29, 1.82) is 5.26 Å². The maximum absolute atomic E-state index is 14.0. The first-order chi connectivity index (χ1) is 18.4. The second kappa shape index (κ2) is 10.9. The van der Waals surface area contributed by atoms with Crippen molar-refractivity contribution in [3.05, 3.63) is 69.1 Å². The maximum atomic E-state index is 14.0. The Bertz CT molecular complexity index is 1450. The topological polar surface area (TPSA) is 107 Å². The summed E-state index contributed by atoms with van der Waals surface area (Å²) in [5, 5.41) is 10.9. The van der Waals surface area contributed by atoms with E-state index in [1.54, 1.807) is 6.20 Å². The summed E-state index contributed by atoms with van der Waals surface area (Å²) in [6.45, 7) is 0. The number of rotatable bonds is 4. The molecule has 7 nitrogen and oxygen atoms in total. The first-order valence-electron chi connectivity index (χ1n) is 10.4. The summed E-state index contributed by atoms with van der Waals surface area (Å²) in [5.41, 5.74) is -3.16. The second-order valence-electron chi connectivity index (χ2n) is 8.00. The van der Waals surface area contributed by atoms with Gasteiger partial charge in [-0.2, -0.15) is 41.4 Å². The highest BCUT2D eigenvalue weighted by Crippen LogP contribution is 2.71. The van der Waals surface area contributed by atoms with Gasteiger partial charge >= 0.3 is 18.4 Å². The maximum Gasteiger partial charge on any atom is 0.416 e. The lowest BCUT2D eigenvalue weighted by Crippen LogP contribution is -2.36. The average molecular weight is 637 g/mol. The molecule has 1 aliphatic rings. The fourth-order valence-corrected chi connectivity index (χ4v) is 4.43. The normalized spacial score (nSPS) is 17.9. The molecule has 1 aliphatic carbocycles. The number of aromatic nitrogens is 3. The van der Waals surface area contributed by atoms with Gasteiger partial charge in [0, 0.05) is 12.6 Å². The van der Waals surface area contributed by atoms with E-state index in [0.29, 0.717) is 18.0 Å². The predicted molar refractivity (Wildman–Crippen MR) is 125 cm³/mol. The Morgan fingerprint density at radius 3 is 2.08 bits per heavy atom. The molecule has 0 saturated heterocycles. The van der Waals surface area contributed by atoms with Crippen LogP contribution < -0.4 is 10.5 Å². The van der Waals surface area contributed by atoms with E-state index in [1.807, 2.05) is 18.2 Å². The monoisotopic (exact) mass is 635 g/mol. The lowest BCUT2D eigenvalue weighted by atomic mass is 9.94. The lowest BCUT2D eigenvalue weighted by Gasteiger charge is -2.21. The van der Waals surface area contributed by atoms with Crippen LogP contribution in [0.5, 0.6) is 5.88 Å². The first kappa shape index (κ1) is 31.2. The van der Waals surface area contributed by atoms with Gasteiger partial charge in [0.05, 0.1) is 32.7 Å². The Labute approximate surface area is 234 Å². The van der Waals surface area contributed by atoms with Gasteiger partial charge in [-0.05, 0) is 24.3 Å². The van der Waals surface area contributed by atoms with E-state index < -0.39 is 74.6 Å². The zero-order valence-corrected chi connectivity index (χ0v) is 21.5. The molecule has 214 valence electrons. The SMILES string of the molecule is ClCc1ccccn1.N#Cc1nn(-c2c(Cl)cc(C(F)(F)F)cc2Cl)c(OC(N)=O)c1C1(C(F)(F)F)CC1(F)F. The zero-order chi connectivity index (χ0) is 30.3. The van der Waals surface area contributed by atoms with Gasteiger partial charge in [0.2, 0.25) is 5.88 Å². The molecule has 1 fully saturated rings. The molecule has 4 rings (SSSR count). The predicted octanol–water partition coefficient (Wildman–Crippen LogP) is 7.19. The van der Waals surface area contributed by atoms with E-state index in [0.717, 1.165) is 5.69 Å². The number of carbonyl (C=O) groups excluding carboxylic acids is 1. The molecule has 1 amide bonds. The molecule has 1 aromatic carbocycles. The van der Waals surface area contributed by atoms with Crippen molar-refractivity contribution in [3.8, 4) is 17.6 Å². The molecular weight excluding hydrogens is 625 g/mol. The minimum absolute atomic E-state index is 0.144. The minimum Gasteiger partial charge on any atom is -0.391 e. The van der Waals surface area contributed by atoms with Crippen molar-refractivity contribution in [2.24, 2.45) is 5.73 Å². The molecule has 2 heterocycles. The van der Waals surface area contributed by atoms with E-state index in [2.05, 4.69) is 14.8 Å². The molecule has 0 bridgehead atoms. The minimum atomic E-state index is -5.65. The number of alkyl halides is 9. The number of amides is 1. The number of carbonyl (C=O) groups is 1. The zero-order valence-electron chi connectivity index (χ0n) is 19.2. The van der Waals surface area contributed by atoms with E-state index >= 15 is 0 Å². The van der Waals surface area contributed by atoms with Gasteiger partial charge in [0.1, 0.15) is 11.8 Å². The van der Waals surface area contributed by atoms with Crippen molar-refractivity contribution in [3.63, 3.8) is 0 Å². The highest BCUT2D eigenvalue weighted by molar-refractivity contribution is 6.38. The standard InChI is InChI=1S/C16H6Cl2F8N4O2.C6H6ClN/c17-6-1-5(15(21,22)23)2-7(18)10(6)30-11(32-12(28)31)9(8(3-27)29-30)13(16(24,25)26)4-14(13,19)20;7-5-6-3-1-2-4-8-6/h1-2H,4H2,(H2,28,31);1-4H,5H2. The molecule has 1 saturated carbocycles. The van der Waals surface area contributed by atoms with E-state index in [4.69, 9.17) is 40.5 Å². The number of hydrogen-bond acceptors (Lipinski definition) is 5. The number of nitriles is 1. The summed E-state index contributed by atoms with van der Waals surface area (Å²) in [4.78, 5) is 15.3. The van der Waals surface area contributed by atoms with E-state index in [9.17, 15) is 45.2 Å². The summed E-state index contributed by atoms with van der Waals surface area (Å²) in [6.07, 6.45) is -12.5. The van der Waals surface area contributed by atoms with Gasteiger partial charge in [-0.1, -0.05) is 29.3 Å². The molecular formula is C22H12Cl3F8N5O2. The second-order valence-corrected chi connectivity index (χ2v) is 9.08. The fraction of sp³-hybridized carbons (Fsp3) is 0.273. The van der Waals surface area contributed by atoms with Crippen molar-refractivity contribution in [1.82, 2.24) is 14.8 Å². The van der Waals surface area contributed by atoms with Crippen LogP contribution >= 0.6 is 34.8 Å². The van der Waals surface area contributed by atoms with Crippen LogP contribution in [0.4, 0.5) is 39.9 Å². The number of nitrogens with zero attached hydrogens (tertiary/aromatic N) is 4. The van der Waals surface area contributed by atoms with Crippen molar-refractivity contribution in [2.45, 2.75) is 36.0 Å². The number of benzene rings is 1. The third-order valence-electron chi connectivity index (χ3n) is 5.46. The van der Waals surface area contributed by atoms with E-state index in [1.165, 1.54) is 6.07 Å². The number of ether oxygens (including phenoxy) is 1. The van der Waals surface area contributed by atoms with Gasteiger partial charge in [-0.15, -0.1) is 11.6 Å². The molecule has 2 aromatic heterocycles. The Balaban J connectivity index is 0.000000472. The highest BCUT2D eigenvalue weighted by atomic mass is 35.5. The van der Waals surface area contributed by atoms with Crippen LogP contribution in [0.2, 0.25) is 10.0 Å². The molecule has 0 aliphatic heterocycles. The number of hydrogen-bond donors (Lipinski definition) is 1. The fourth-order valence-electron chi connectivity index (χ4n) is 3.62. The Hall–Kier alpha value is -3.35. The lowest BCUT2D eigenvalue weighted by molar-refractivity contribution is -0.182. The number of nitrogens with two attached hydrogens (primary N) is 1. The molecule has 3 aromatic rings. The van der Waals surface area contributed by atoms with Gasteiger partial charge in [-0.25, -0.2) is 13.6 Å². The van der Waals surface area contributed by atoms with E-state index in [-0.39, 0.29) is 4.68 Å². The first-order valence-corrected chi connectivity index (χ1v) is 11.7. The molecule has 40 heavy (non-hydrogen) atoms. The summed E-state index contributed by atoms with van der Waals surface area (Å²) < 4.78 is 113. The van der Waals surface area contributed by atoms with Crippen LogP contribution in [0.3, 0.4) is 0 Å². The third-order valence-corrected chi connectivity index (χ3v) is 6.31. The van der Waals surface area contributed by atoms with Crippen LogP contribution in [0.1, 0.15) is 28.9 Å². The Kier molecular flexibility index (Phi) is 8.50. The smallest absolute Gasteiger partial charge is 0.391 e. The largest absolute Gasteiger partial charge is 0.416 e. The van der Waals surface area contributed by atoms with Crippen molar-refractivity contribution < 1.29 is 44.7 Å². The molecule has 1 unspecified atom stereocenters. The van der Waals surface area contributed by atoms with Gasteiger partial charge in [0.15, 0.2) is 11.1 Å². The van der Waals surface area contributed by atoms with Crippen molar-refractivity contribution in [2.75, 3.05) is 0 Å². The van der Waals surface area contributed by atoms with Gasteiger partial charge in [-0.3, -0.25) is 4.98 Å². The van der Waals surface area contributed by atoms with Gasteiger partial charge < -0.3 is 10.5 Å². The Morgan fingerprint density at radius 1 is 1.15 bits per heavy atom. The van der Waals surface area contributed by atoms with Crippen molar-refractivity contribution >= 4 is 40.9 Å². The molecule has 0 radical (unpaired) electrons. The molecule has 0 spiro atoms. The summed E-state index contributed by atoms with van der Waals surface area (Å²) in [7, 11) is 0. The van der Waals surface area contributed by atoms with Crippen LogP contribution in [-0.4, -0.2) is 33.0 Å². The van der Waals surface area contributed by atoms with Gasteiger partial charge in [0.25, 0.3) is 5.92 Å². The summed E-state index contributed by atoms with van der Waals surface area (Å²) in [5.74, 6) is -5.32. The van der Waals surface area contributed by atoms with Crippen LogP contribution in [0.25, 0.3) is 5.69 Å². The van der Waals surface area contributed by atoms with Crippen LogP contribution in [-0.2, 0) is 17.5 Å². The number of primary amides is 1. The number of pyridine rings is 1. The molecule has 1 atom stereocenters. The van der Waals surface area contributed by atoms with Crippen LogP contribution in [0.15, 0.2) is 36.5 Å². The summed E-state index contributed by atoms with van der Waals surface area (Å²) >= 11 is 17.1. The molecule has 2 N–H and O–H groups in total. The molecule has 18 heteroatoms. The third kappa shape index (κ3) is 5.74. The summed E-state index contributed by atoms with van der Waals surface area (Å²) in [6, 6.07) is 7.48. The Morgan fingerprint density at radius 2 is 1.73 bits per heavy atom. The number of halogens is 11.